The number of hydrogen-bond donors (Lipinski definition) is 0. The van der Waals surface area contributed by atoms with Crippen LogP contribution in [-0.4, -0.2) is 9.78 Å². The number of aryl methyl sites for hydroxylation is 1. The maximum Gasteiger partial charge on any atom is 0.0930 e. The average molecular weight is 360 g/mol. The molecule has 0 saturated heterocycles. The van der Waals surface area contributed by atoms with E-state index in [1.54, 1.807) is 0 Å². The van der Waals surface area contributed by atoms with Crippen LogP contribution in [-0.2, 0) is 7.05 Å². The second-order valence-corrected chi connectivity index (χ2v) is 5.66. The molecule has 0 radical (unpaired) electrons. The van der Waals surface area contributed by atoms with Crippen LogP contribution >= 0.6 is 22.6 Å². The smallest absolute Gasteiger partial charge is 0.0930 e. The van der Waals surface area contributed by atoms with E-state index < -0.39 is 0 Å². The van der Waals surface area contributed by atoms with E-state index in [0.29, 0.717) is 0 Å². The molecule has 3 heteroatoms. The topological polar surface area (TPSA) is 17.8 Å². The fourth-order valence-corrected chi connectivity index (χ4v) is 2.62. The zero-order chi connectivity index (χ0) is 13.2. The van der Waals surface area contributed by atoms with Crippen LogP contribution in [0, 0.1) is 3.57 Å². The SMILES string of the molecule is Cn1nc(/C=C/c2ccccc2)c2cc(I)ccc21. The van der Waals surface area contributed by atoms with Crippen LogP contribution in [0.1, 0.15) is 11.3 Å². The van der Waals surface area contributed by atoms with Gasteiger partial charge in [0.05, 0.1) is 11.2 Å². The summed E-state index contributed by atoms with van der Waals surface area (Å²) in [5, 5.41) is 5.77. The predicted molar refractivity (Wildman–Crippen MR) is 88.8 cm³/mol. The number of benzene rings is 2. The molecule has 0 N–H and O–H groups in total. The number of nitrogens with zero attached hydrogens (tertiary/aromatic N) is 2. The summed E-state index contributed by atoms with van der Waals surface area (Å²) in [6.45, 7) is 0. The summed E-state index contributed by atoms with van der Waals surface area (Å²) in [5.74, 6) is 0. The zero-order valence-electron chi connectivity index (χ0n) is 10.5. The molecule has 19 heavy (non-hydrogen) atoms. The third kappa shape index (κ3) is 2.56. The van der Waals surface area contributed by atoms with Gasteiger partial charge in [-0.05, 0) is 52.4 Å². The fraction of sp³-hybridized carbons (Fsp3) is 0.0625. The minimum atomic E-state index is 1.01. The molecule has 0 atom stereocenters. The van der Waals surface area contributed by atoms with Gasteiger partial charge < -0.3 is 0 Å². The van der Waals surface area contributed by atoms with E-state index in [4.69, 9.17) is 0 Å². The van der Waals surface area contributed by atoms with Gasteiger partial charge in [-0.15, -0.1) is 0 Å². The summed E-state index contributed by atoms with van der Waals surface area (Å²) >= 11 is 2.33. The van der Waals surface area contributed by atoms with Crippen molar-refractivity contribution in [3.63, 3.8) is 0 Å². The molecule has 0 aliphatic rings. The van der Waals surface area contributed by atoms with Crippen LogP contribution < -0.4 is 0 Å². The number of fused-ring (bicyclic) bond motifs is 1. The monoisotopic (exact) mass is 360 g/mol. The van der Waals surface area contributed by atoms with Crippen molar-refractivity contribution in [3.8, 4) is 0 Å². The molecule has 0 bridgehead atoms. The molecule has 0 saturated carbocycles. The van der Waals surface area contributed by atoms with Gasteiger partial charge in [-0.1, -0.05) is 36.4 Å². The molecule has 94 valence electrons. The maximum atomic E-state index is 4.57. The summed E-state index contributed by atoms with van der Waals surface area (Å²) in [6, 6.07) is 16.7. The fourth-order valence-electron chi connectivity index (χ4n) is 2.13. The lowest BCUT2D eigenvalue weighted by Gasteiger charge is -1.94. The first kappa shape index (κ1) is 12.4. The van der Waals surface area contributed by atoms with Gasteiger partial charge in [0, 0.05) is 16.0 Å². The van der Waals surface area contributed by atoms with Gasteiger partial charge >= 0.3 is 0 Å². The lowest BCUT2D eigenvalue weighted by Crippen LogP contribution is -1.89. The average Bonchev–Trinajstić information content (AvgIpc) is 2.74. The van der Waals surface area contributed by atoms with Gasteiger partial charge in [0.15, 0.2) is 0 Å². The molecule has 0 amide bonds. The van der Waals surface area contributed by atoms with E-state index in [0.717, 1.165) is 11.2 Å². The van der Waals surface area contributed by atoms with Crippen LogP contribution in [0.3, 0.4) is 0 Å². The Balaban J connectivity index is 2.06. The normalized spacial score (nSPS) is 11.5. The molecular weight excluding hydrogens is 347 g/mol. The first-order valence-electron chi connectivity index (χ1n) is 6.09. The first-order chi connectivity index (χ1) is 9.24. The van der Waals surface area contributed by atoms with Gasteiger partial charge in [0.2, 0.25) is 0 Å². The van der Waals surface area contributed by atoms with Gasteiger partial charge in [-0.25, -0.2) is 0 Å². The Labute approximate surface area is 125 Å². The van der Waals surface area contributed by atoms with Gasteiger partial charge in [-0.3, -0.25) is 4.68 Å². The van der Waals surface area contributed by atoms with Gasteiger partial charge in [0.1, 0.15) is 0 Å². The van der Waals surface area contributed by atoms with E-state index in [1.165, 1.54) is 14.5 Å². The van der Waals surface area contributed by atoms with E-state index in [1.807, 2.05) is 29.9 Å². The van der Waals surface area contributed by atoms with E-state index in [9.17, 15) is 0 Å². The van der Waals surface area contributed by atoms with E-state index in [-0.39, 0.29) is 0 Å². The van der Waals surface area contributed by atoms with Crippen LogP contribution in [0.25, 0.3) is 23.1 Å². The van der Waals surface area contributed by atoms with Crippen molar-refractivity contribution < 1.29 is 0 Å². The molecule has 0 unspecified atom stereocenters. The van der Waals surface area contributed by atoms with Crippen LogP contribution in [0.15, 0.2) is 48.5 Å². The van der Waals surface area contributed by atoms with Crippen LogP contribution in [0.4, 0.5) is 0 Å². The summed E-state index contributed by atoms with van der Waals surface area (Å²) in [4.78, 5) is 0. The van der Waals surface area contributed by atoms with Crippen molar-refractivity contribution in [1.82, 2.24) is 9.78 Å². The molecule has 2 aromatic carbocycles. The van der Waals surface area contributed by atoms with Crippen molar-refractivity contribution >= 4 is 45.6 Å². The minimum absolute atomic E-state index is 1.01. The second-order valence-electron chi connectivity index (χ2n) is 4.41. The molecule has 3 aromatic rings. The number of halogens is 1. The van der Waals surface area contributed by atoms with Crippen molar-refractivity contribution in [3.05, 3.63) is 63.4 Å². The number of hydrogen-bond acceptors (Lipinski definition) is 1. The number of aromatic nitrogens is 2. The largest absolute Gasteiger partial charge is 0.267 e. The van der Waals surface area contributed by atoms with Crippen molar-refractivity contribution in [2.75, 3.05) is 0 Å². The zero-order valence-corrected chi connectivity index (χ0v) is 12.7. The Morgan fingerprint density at radius 2 is 1.84 bits per heavy atom. The summed E-state index contributed by atoms with van der Waals surface area (Å²) in [6.07, 6.45) is 4.18. The molecule has 0 aliphatic heterocycles. The molecule has 1 aromatic heterocycles. The summed E-state index contributed by atoms with van der Waals surface area (Å²) in [7, 11) is 1.98. The summed E-state index contributed by atoms with van der Waals surface area (Å²) in [5.41, 5.74) is 3.36. The Morgan fingerprint density at radius 1 is 1.05 bits per heavy atom. The molecule has 3 rings (SSSR count). The van der Waals surface area contributed by atoms with Crippen molar-refractivity contribution in [2.45, 2.75) is 0 Å². The van der Waals surface area contributed by atoms with E-state index in [2.05, 4.69) is 70.2 Å². The van der Waals surface area contributed by atoms with E-state index >= 15 is 0 Å². The van der Waals surface area contributed by atoms with Crippen molar-refractivity contribution in [1.29, 1.82) is 0 Å². The Bertz CT molecular complexity index is 742. The third-order valence-corrected chi connectivity index (χ3v) is 3.75. The van der Waals surface area contributed by atoms with Gasteiger partial charge in [0.25, 0.3) is 0 Å². The highest BCUT2D eigenvalue weighted by atomic mass is 127. The Hall–Kier alpha value is -1.62. The van der Waals surface area contributed by atoms with Crippen LogP contribution in [0.2, 0.25) is 0 Å². The predicted octanol–water partition coefficient (Wildman–Crippen LogP) is 4.35. The highest BCUT2D eigenvalue weighted by molar-refractivity contribution is 14.1. The minimum Gasteiger partial charge on any atom is -0.267 e. The first-order valence-corrected chi connectivity index (χ1v) is 7.17. The molecule has 0 fully saturated rings. The third-order valence-electron chi connectivity index (χ3n) is 3.07. The van der Waals surface area contributed by atoms with Crippen LogP contribution in [0.5, 0.6) is 0 Å². The molecule has 2 nitrogen and oxygen atoms in total. The quantitative estimate of drug-likeness (QED) is 0.622. The Morgan fingerprint density at radius 3 is 2.63 bits per heavy atom. The highest BCUT2D eigenvalue weighted by Gasteiger charge is 2.05. The molecule has 1 heterocycles. The lowest BCUT2D eigenvalue weighted by molar-refractivity contribution is 0.793. The molecular formula is C16H13IN2. The second kappa shape index (κ2) is 5.17. The number of rotatable bonds is 2. The maximum absolute atomic E-state index is 4.57. The Kier molecular flexibility index (Phi) is 3.38. The highest BCUT2D eigenvalue weighted by Crippen LogP contribution is 2.22. The van der Waals surface area contributed by atoms with Crippen molar-refractivity contribution in [2.24, 2.45) is 7.05 Å². The summed E-state index contributed by atoms with van der Waals surface area (Å²) < 4.78 is 3.16. The standard InChI is InChI=1S/C16H13IN2/c1-19-16-10-8-13(17)11-14(16)15(18-19)9-7-12-5-3-2-4-6-12/h2-11H,1H3/b9-7+. The van der Waals surface area contributed by atoms with Gasteiger partial charge in [-0.2, -0.15) is 5.10 Å². The molecule has 0 aliphatic carbocycles. The lowest BCUT2D eigenvalue weighted by atomic mass is 10.1. The molecule has 0 spiro atoms.